The number of nitrogens with zero attached hydrogens (tertiary/aromatic N) is 10. The summed E-state index contributed by atoms with van der Waals surface area (Å²) in [4.78, 5) is 71.4. The van der Waals surface area contributed by atoms with E-state index in [1.54, 1.807) is 0 Å². The highest BCUT2D eigenvalue weighted by Gasteiger charge is 2.34. The number of amides is 4. The highest BCUT2D eigenvalue weighted by atomic mass is 35.5. The minimum Gasteiger partial charge on any atom is -0.348 e. The lowest BCUT2D eigenvalue weighted by atomic mass is 9.92. The number of aromatic nitrogens is 4. The fourth-order valence-corrected chi connectivity index (χ4v) is 9.69. The largest absolute Gasteiger partial charge is 0.348 e. The highest BCUT2D eigenvalue weighted by Crippen LogP contribution is 2.33. The maximum Gasteiger partial charge on any atom is 0.243 e. The normalized spacial score (nSPS) is 22.8. The van der Waals surface area contributed by atoms with Crippen LogP contribution in [0.1, 0.15) is 91.9 Å². The molecule has 6 atom stereocenters. The summed E-state index contributed by atoms with van der Waals surface area (Å²) < 4.78 is 30.7. The topological polar surface area (TPSA) is 228 Å². The van der Waals surface area contributed by atoms with Gasteiger partial charge >= 0.3 is 0 Å². The van der Waals surface area contributed by atoms with Gasteiger partial charge in [0.05, 0.1) is 24.9 Å². The molecule has 2 aromatic heterocycles. The molecule has 6 rings (SSSR count). The van der Waals surface area contributed by atoms with E-state index in [2.05, 4.69) is 51.4 Å². The average molecular weight is 972 g/mol. The third-order valence-electron chi connectivity index (χ3n) is 13.3. The van der Waals surface area contributed by atoms with Gasteiger partial charge in [-0.1, -0.05) is 51.4 Å². The van der Waals surface area contributed by atoms with Gasteiger partial charge in [-0.2, -0.15) is 28.7 Å². The zero-order valence-corrected chi connectivity index (χ0v) is 40.1. The van der Waals surface area contributed by atoms with Crippen LogP contribution >= 0.6 is 23.2 Å². The molecule has 2 saturated heterocycles. The Morgan fingerprint density at radius 2 is 1.00 bits per heavy atom. The first-order valence-electron chi connectivity index (χ1n) is 22.7. The Labute approximate surface area is 395 Å². The molecule has 4 amide bonds. The summed E-state index contributed by atoms with van der Waals surface area (Å²) in [5.41, 5.74) is 10.00. The number of piperazine rings is 2. The standard InChI is InChI=1S/2C21H33ClFN7O3/c2*1-13-10-30(14(2)9-28(13)3)19-17(23)18(24-21(22)25-19)26-27-20(32)16(11-29(33)12-31)8-15-6-4-5-7-15/h2*12-16,33H,4-11H2,1-3H3,(H,27,32)(H,24,25,26)/t2*13-,14-,16-/m11/s1. The summed E-state index contributed by atoms with van der Waals surface area (Å²) in [6.45, 7) is 10.4. The molecule has 24 heteroatoms. The van der Waals surface area contributed by atoms with E-state index >= 15 is 8.78 Å². The molecule has 6 N–H and O–H groups in total. The number of hydrazine groups is 2. The molecule has 0 radical (unpaired) electrons. The molecule has 4 heterocycles. The van der Waals surface area contributed by atoms with Crippen molar-refractivity contribution in [2.45, 2.75) is 116 Å². The van der Waals surface area contributed by atoms with E-state index in [9.17, 15) is 29.6 Å². The van der Waals surface area contributed by atoms with Crippen molar-refractivity contribution >= 4 is 71.1 Å². The first kappa shape index (κ1) is 52.5. The molecule has 4 fully saturated rings. The first-order valence-corrected chi connectivity index (χ1v) is 23.5. The number of hydrogen-bond donors (Lipinski definition) is 6. The minimum absolute atomic E-state index is 0.00350. The molecule has 20 nitrogen and oxygen atoms in total. The summed E-state index contributed by atoms with van der Waals surface area (Å²) in [5, 5.41) is 19.9. The summed E-state index contributed by atoms with van der Waals surface area (Å²) in [6.07, 6.45) is 9.99. The van der Waals surface area contributed by atoms with Crippen LogP contribution in [0.2, 0.25) is 10.6 Å². The van der Waals surface area contributed by atoms with E-state index < -0.39 is 35.3 Å². The Balaban J connectivity index is 0.000000247. The molecule has 368 valence electrons. The van der Waals surface area contributed by atoms with Gasteiger partial charge in [-0.05, 0) is 89.7 Å². The Hall–Kier alpha value is -4.48. The van der Waals surface area contributed by atoms with Gasteiger partial charge in [-0.3, -0.25) is 61.1 Å². The van der Waals surface area contributed by atoms with Gasteiger partial charge in [0.15, 0.2) is 23.3 Å². The van der Waals surface area contributed by atoms with Crippen molar-refractivity contribution in [1.82, 2.24) is 50.7 Å². The molecule has 2 aliphatic heterocycles. The predicted molar refractivity (Wildman–Crippen MR) is 245 cm³/mol. The predicted octanol–water partition coefficient (Wildman–Crippen LogP) is 4.57. The van der Waals surface area contributed by atoms with Crippen LogP contribution < -0.4 is 31.5 Å². The van der Waals surface area contributed by atoms with Crippen molar-refractivity contribution < 1.29 is 38.4 Å². The highest BCUT2D eigenvalue weighted by molar-refractivity contribution is 6.28. The fraction of sp³-hybridized carbons (Fsp3) is 0.714. The summed E-state index contributed by atoms with van der Waals surface area (Å²) >= 11 is 12.2. The Bertz CT molecular complexity index is 1820. The van der Waals surface area contributed by atoms with Crippen LogP contribution in [0.3, 0.4) is 0 Å². The first-order chi connectivity index (χ1) is 31.4. The van der Waals surface area contributed by atoms with Crippen LogP contribution in [0, 0.1) is 35.3 Å². The monoisotopic (exact) mass is 970 g/mol. The Morgan fingerprint density at radius 3 is 1.33 bits per heavy atom. The zero-order chi connectivity index (χ0) is 48.2. The van der Waals surface area contributed by atoms with Gasteiger partial charge < -0.3 is 9.80 Å². The second-order valence-corrected chi connectivity index (χ2v) is 19.1. The molecular weight excluding hydrogens is 905 g/mol. The smallest absolute Gasteiger partial charge is 0.243 e. The van der Waals surface area contributed by atoms with Gasteiger partial charge in [0.2, 0.25) is 46.8 Å². The molecule has 2 saturated carbocycles. The molecule has 2 aromatic rings. The third-order valence-corrected chi connectivity index (χ3v) is 13.7. The lowest BCUT2D eigenvalue weighted by Gasteiger charge is -2.43. The van der Waals surface area contributed by atoms with Crippen molar-refractivity contribution in [3.8, 4) is 0 Å². The number of halogens is 4. The zero-order valence-electron chi connectivity index (χ0n) is 38.6. The molecule has 0 aromatic carbocycles. The van der Waals surface area contributed by atoms with E-state index in [4.69, 9.17) is 23.2 Å². The summed E-state index contributed by atoms with van der Waals surface area (Å²) in [7, 11) is 4.04. The van der Waals surface area contributed by atoms with Gasteiger partial charge in [-0.15, -0.1) is 0 Å². The van der Waals surface area contributed by atoms with E-state index in [0.29, 0.717) is 47.9 Å². The molecule has 4 aliphatic rings. The second kappa shape index (κ2) is 24.5. The van der Waals surface area contributed by atoms with Crippen molar-refractivity contribution in [3.63, 3.8) is 0 Å². The van der Waals surface area contributed by atoms with Crippen LogP contribution in [0.25, 0.3) is 0 Å². The van der Waals surface area contributed by atoms with Crippen molar-refractivity contribution in [2.75, 3.05) is 74.0 Å². The van der Waals surface area contributed by atoms with Gasteiger partial charge in [0.1, 0.15) is 0 Å². The minimum atomic E-state index is -0.715. The van der Waals surface area contributed by atoms with Crippen LogP contribution in [-0.4, -0.2) is 152 Å². The van der Waals surface area contributed by atoms with Gasteiger partial charge in [0, 0.05) is 50.3 Å². The van der Waals surface area contributed by atoms with Crippen LogP contribution in [-0.2, 0) is 19.2 Å². The second-order valence-electron chi connectivity index (χ2n) is 18.4. The number of anilines is 4. The van der Waals surface area contributed by atoms with E-state index in [0.717, 1.165) is 64.5 Å². The van der Waals surface area contributed by atoms with E-state index in [-0.39, 0.29) is 83.9 Å². The number of likely N-dealkylation sites (N-methyl/N-ethyl adjacent to an activating group) is 2. The van der Waals surface area contributed by atoms with Crippen molar-refractivity contribution in [2.24, 2.45) is 23.7 Å². The van der Waals surface area contributed by atoms with Gasteiger partial charge in [-0.25, -0.2) is 10.1 Å². The van der Waals surface area contributed by atoms with Crippen LogP contribution in [0.5, 0.6) is 0 Å². The summed E-state index contributed by atoms with van der Waals surface area (Å²) in [6, 6.07) is 0.398. The van der Waals surface area contributed by atoms with Gasteiger partial charge in [0.25, 0.3) is 0 Å². The Kier molecular flexibility index (Phi) is 19.5. The van der Waals surface area contributed by atoms with Crippen molar-refractivity contribution in [3.05, 3.63) is 22.2 Å². The number of carbonyl (C=O) groups excluding carboxylic acids is 4. The van der Waals surface area contributed by atoms with E-state index in [1.807, 2.05) is 51.6 Å². The molecular formula is C42H66Cl2F2N14O6. The van der Waals surface area contributed by atoms with Crippen LogP contribution in [0.15, 0.2) is 0 Å². The maximum atomic E-state index is 15.3. The SMILES string of the molecule is C[C@@H]1CN(c2nc(Cl)nc(NNC(=O)[C@H](CC3CCCC3)CN(O)C=O)c2F)[C@H](C)CN1C.C[C@@H]1CN(c2nc(Cl)nc(NNC(=O)[C@H](CC3CCCC3)CN(O)C=O)c2F)[C@H](C)CN1C. The molecule has 0 bridgehead atoms. The number of hydroxylamine groups is 4. The van der Waals surface area contributed by atoms with E-state index in [1.165, 1.54) is 0 Å². The number of nitrogens with one attached hydrogen (secondary N) is 4. The quantitative estimate of drug-likeness (QED) is 0.0521. The number of rotatable bonds is 18. The fourth-order valence-electron chi connectivity index (χ4n) is 9.36. The molecule has 0 spiro atoms. The lowest BCUT2D eigenvalue weighted by Crippen LogP contribution is -2.55. The average Bonchev–Trinajstić information content (AvgIpc) is 4.01. The number of carbonyl (C=O) groups is 4. The Morgan fingerprint density at radius 1 is 0.652 bits per heavy atom. The molecule has 66 heavy (non-hydrogen) atoms. The summed E-state index contributed by atoms with van der Waals surface area (Å²) in [5.74, 6) is -3.34. The molecule has 2 aliphatic carbocycles. The van der Waals surface area contributed by atoms with Crippen molar-refractivity contribution in [1.29, 1.82) is 0 Å². The third kappa shape index (κ3) is 14.3. The van der Waals surface area contributed by atoms with Crippen LogP contribution in [0.4, 0.5) is 32.1 Å². The molecule has 0 unspecified atom stereocenters. The maximum absolute atomic E-state index is 15.3. The lowest BCUT2D eigenvalue weighted by molar-refractivity contribution is -0.155. The number of hydrogen-bond acceptors (Lipinski definition) is 16.